The van der Waals surface area contributed by atoms with Crippen LogP contribution in [-0.2, 0) is 6.42 Å². The lowest BCUT2D eigenvalue weighted by atomic mass is 10.1. The van der Waals surface area contributed by atoms with Gasteiger partial charge in [-0.15, -0.1) is 0 Å². The molecule has 88 valence electrons. The van der Waals surface area contributed by atoms with Crippen LogP contribution in [0.4, 0.5) is 0 Å². The largest absolute Gasteiger partial charge is 0.504 e. The molecule has 0 aliphatic heterocycles. The molecule has 0 aromatic heterocycles. The molecule has 0 heterocycles. The molecule has 0 saturated carbocycles. The lowest BCUT2D eigenvalue weighted by Crippen LogP contribution is -2.11. The van der Waals surface area contributed by atoms with Gasteiger partial charge < -0.3 is 20.3 Å². The van der Waals surface area contributed by atoms with Gasteiger partial charge in [-0.2, -0.15) is 0 Å². The van der Waals surface area contributed by atoms with E-state index in [9.17, 15) is 9.90 Å². The molecule has 0 bridgehead atoms. The molecule has 5 nitrogen and oxygen atoms in total. The number of rotatable bonds is 5. The summed E-state index contributed by atoms with van der Waals surface area (Å²) in [4.78, 5) is 10.9. The minimum Gasteiger partial charge on any atom is -0.504 e. The Kier molecular flexibility index (Phi) is 4.13. The molecule has 1 rings (SSSR count). The van der Waals surface area contributed by atoms with Gasteiger partial charge in [0.2, 0.25) is 0 Å². The van der Waals surface area contributed by atoms with E-state index in [1.165, 1.54) is 19.2 Å². The van der Waals surface area contributed by atoms with Crippen LogP contribution in [0.25, 0.3) is 0 Å². The second-order valence-electron chi connectivity index (χ2n) is 3.34. The number of aromatic carboxylic acids is 1. The summed E-state index contributed by atoms with van der Waals surface area (Å²) in [5.41, 5.74) is 0.673. The maximum atomic E-state index is 10.9. The molecule has 0 radical (unpaired) electrons. The molecular formula is C11H15NO4. The van der Waals surface area contributed by atoms with Crippen LogP contribution < -0.4 is 10.1 Å². The van der Waals surface area contributed by atoms with E-state index >= 15 is 0 Å². The number of hydrogen-bond acceptors (Lipinski definition) is 4. The number of hydrogen-bond donors (Lipinski definition) is 3. The first-order chi connectivity index (χ1) is 7.60. The fraction of sp³-hybridized carbons (Fsp3) is 0.364. The molecule has 5 heteroatoms. The average Bonchev–Trinajstić information content (AvgIpc) is 2.27. The van der Waals surface area contributed by atoms with Crippen LogP contribution in [0.3, 0.4) is 0 Å². The Labute approximate surface area is 93.7 Å². The number of methoxy groups -OCH3 is 1. The van der Waals surface area contributed by atoms with Gasteiger partial charge >= 0.3 is 5.97 Å². The van der Waals surface area contributed by atoms with Crippen molar-refractivity contribution < 1.29 is 19.7 Å². The Morgan fingerprint density at radius 1 is 1.50 bits per heavy atom. The quantitative estimate of drug-likeness (QED) is 0.692. The number of nitrogens with one attached hydrogen (secondary N) is 1. The van der Waals surface area contributed by atoms with Crippen molar-refractivity contribution in [2.24, 2.45) is 0 Å². The molecule has 0 saturated heterocycles. The van der Waals surface area contributed by atoms with Gasteiger partial charge in [-0.05, 0) is 37.7 Å². The van der Waals surface area contributed by atoms with Crippen molar-refractivity contribution in [1.82, 2.24) is 5.32 Å². The van der Waals surface area contributed by atoms with Crippen LogP contribution in [0.5, 0.6) is 11.5 Å². The third kappa shape index (κ3) is 2.64. The Bertz CT molecular complexity index is 390. The molecule has 0 fully saturated rings. The first kappa shape index (κ1) is 12.3. The fourth-order valence-electron chi connectivity index (χ4n) is 1.39. The number of carboxylic acids is 1. The molecular weight excluding hydrogens is 210 g/mol. The van der Waals surface area contributed by atoms with Crippen molar-refractivity contribution in [2.75, 3.05) is 20.7 Å². The fourth-order valence-corrected chi connectivity index (χ4v) is 1.39. The smallest absolute Gasteiger partial charge is 0.335 e. The van der Waals surface area contributed by atoms with E-state index in [0.29, 0.717) is 18.5 Å². The van der Waals surface area contributed by atoms with E-state index in [1.54, 1.807) is 7.05 Å². The topological polar surface area (TPSA) is 78.8 Å². The van der Waals surface area contributed by atoms with Gasteiger partial charge in [0.05, 0.1) is 12.7 Å². The van der Waals surface area contributed by atoms with Gasteiger partial charge in [-0.1, -0.05) is 0 Å². The first-order valence-electron chi connectivity index (χ1n) is 4.88. The second kappa shape index (κ2) is 5.37. The van der Waals surface area contributed by atoms with E-state index in [1.807, 2.05) is 0 Å². The molecule has 0 amide bonds. The summed E-state index contributed by atoms with van der Waals surface area (Å²) in [5, 5.41) is 21.6. The summed E-state index contributed by atoms with van der Waals surface area (Å²) in [6.45, 7) is 0.653. The number of benzene rings is 1. The third-order valence-electron chi connectivity index (χ3n) is 2.27. The number of likely N-dealkylation sites (N-methyl/N-ethyl adjacent to an activating group) is 1. The van der Waals surface area contributed by atoms with Gasteiger partial charge in [-0.3, -0.25) is 0 Å². The molecule has 16 heavy (non-hydrogen) atoms. The van der Waals surface area contributed by atoms with Crippen LogP contribution in [0.1, 0.15) is 15.9 Å². The zero-order chi connectivity index (χ0) is 12.1. The number of aromatic hydroxyl groups is 1. The summed E-state index contributed by atoms with van der Waals surface area (Å²) in [6.07, 6.45) is 0.541. The predicted molar refractivity (Wildman–Crippen MR) is 59.2 cm³/mol. The Hall–Kier alpha value is -1.75. The van der Waals surface area contributed by atoms with Gasteiger partial charge in [0.25, 0.3) is 0 Å². The number of ether oxygens (including phenoxy) is 1. The van der Waals surface area contributed by atoms with Crippen LogP contribution in [0, 0.1) is 0 Å². The monoisotopic (exact) mass is 225 g/mol. The van der Waals surface area contributed by atoms with Crippen molar-refractivity contribution in [2.45, 2.75) is 6.42 Å². The molecule has 0 atom stereocenters. The van der Waals surface area contributed by atoms with Crippen molar-refractivity contribution in [1.29, 1.82) is 0 Å². The van der Waals surface area contributed by atoms with Crippen molar-refractivity contribution in [3.8, 4) is 11.5 Å². The maximum Gasteiger partial charge on any atom is 0.335 e. The van der Waals surface area contributed by atoms with Crippen LogP contribution >= 0.6 is 0 Å². The predicted octanol–water partition coefficient (Wildman–Crippen LogP) is 0.861. The van der Waals surface area contributed by atoms with Gasteiger partial charge in [-0.25, -0.2) is 4.79 Å². The summed E-state index contributed by atoms with van der Waals surface area (Å²) in [6, 6.07) is 2.76. The van der Waals surface area contributed by atoms with E-state index in [2.05, 4.69) is 5.32 Å². The third-order valence-corrected chi connectivity index (χ3v) is 2.27. The van der Waals surface area contributed by atoms with Crippen molar-refractivity contribution in [3.05, 3.63) is 23.3 Å². The van der Waals surface area contributed by atoms with Gasteiger partial charge in [0.15, 0.2) is 11.5 Å². The van der Waals surface area contributed by atoms with E-state index in [0.717, 1.165) is 0 Å². The Morgan fingerprint density at radius 3 is 2.69 bits per heavy atom. The van der Waals surface area contributed by atoms with Crippen molar-refractivity contribution >= 4 is 5.97 Å². The average molecular weight is 225 g/mol. The molecule has 0 unspecified atom stereocenters. The van der Waals surface area contributed by atoms with E-state index < -0.39 is 5.97 Å². The summed E-state index contributed by atoms with van der Waals surface area (Å²) >= 11 is 0. The molecule has 0 spiro atoms. The first-order valence-corrected chi connectivity index (χ1v) is 4.88. The number of phenols is 1. The highest BCUT2D eigenvalue weighted by Gasteiger charge is 2.13. The van der Waals surface area contributed by atoms with Gasteiger partial charge in [0, 0.05) is 0 Å². The van der Waals surface area contributed by atoms with Crippen molar-refractivity contribution in [3.63, 3.8) is 0 Å². The summed E-state index contributed by atoms with van der Waals surface area (Å²) < 4.78 is 4.92. The zero-order valence-electron chi connectivity index (χ0n) is 9.28. The minimum atomic E-state index is -1.04. The maximum absolute atomic E-state index is 10.9. The zero-order valence-corrected chi connectivity index (χ0v) is 9.28. The SMILES string of the molecule is CNCCc1cc(C(=O)O)cc(OC)c1O. The highest BCUT2D eigenvalue weighted by atomic mass is 16.5. The van der Waals surface area contributed by atoms with E-state index in [-0.39, 0.29) is 17.1 Å². The Morgan fingerprint density at radius 2 is 2.19 bits per heavy atom. The number of phenolic OH excluding ortho intramolecular Hbond substituents is 1. The van der Waals surface area contributed by atoms with Crippen LogP contribution in [0.2, 0.25) is 0 Å². The van der Waals surface area contributed by atoms with Crippen LogP contribution in [-0.4, -0.2) is 36.9 Å². The Balaban J connectivity index is 3.13. The number of carbonyl (C=O) groups is 1. The summed E-state index contributed by atoms with van der Waals surface area (Å²) in [5.74, 6) is -0.849. The summed E-state index contributed by atoms with van der Waals surface area (Å²) in [7, 11) is 3.18. The highest BCUT2D eigenvalue weighted by molar-refractivity contribution is 5.89. The minimum absolute atomic E-state index is 0.00255. The molecule has 3 N–H and O–H groups in total. The standard InChI is InChI=1S/C11H15NO4/c1-12-4-3-7-5-8(11(14)15)6-9(16-2)10(7)13/h5-6,12-13H,3-4H2,1-2H3,(H,14,15). The van der Waals surface area contributed by atoms with Gasteiger partial charge in [0.1, 0.15) is 0 Å². The molecule has 0 aliphatic rings. The lowest BCUT2D eigenvalue weighted by Gasteiger charge is -2.10. The van der Waals surface area contributed by atoms with Crippen LogP contribution in [0.15, 0.2) is 12.1 Å². The normalized spacial score (nSPS) is 10.1. The molecule has 1 aromatic rings. The van der Waals surface area contributed by atoms with E-state index in [4.69, 9.17) is 9.84 Å². The highest BCUT2D eigenvalue weighted by Crippen LogP contribution is 2.31. The molecule has 0 aliphatic carbocycles. The lowest BCUT2D eigenvalue weighted by molar-refractivity contribution is 0.0696. The molecule has 1 aromatic carbocycles. The number of carboxylic acid groups (broad SMARTS) is 1. The second-order valence-corrected chi connectivity index (χ2v) is 3.34.